The highest BCUT2D eigenvalue weighted by molar-refractivity contribution is 6.00. The fourth-order valence-corrected chi connectivity index (χ4v) is 3.65. The summed E-state index contributed by atoms with van der Waals surface area (Å²) in [4.78, 5) is 21.0. The number of carbonyl (C=O) groups excluding carboxylic acids is 1. The number of hydrogen-bond acceptors (Lipinski definition) is 7. The Morgan fingerprint density at radius 3 is 2.71 bits per heavy atom. The molecule has 1 aliphatic carbocycles. The van der Waals surface area contributed by atoms with Crippen molar-refractivity contribution >= 4 is 11.8 Å². The van der Waals surface area contributed by atoms with E-state index in [-0.39, 0.29) is 25.7 Å². The molecule has 2 aliphatic rings. The van der Waals surface area contributed by atoms with E-state index in [4.69, 9.17) is 25.1 Å². The van der Waals surface area contributed by atoms with Gasteiger partial charge in [0, 0.05) is 36.0 Å². The molecule has 1 amide bonds. The first-order valence-electron chi connectivity index (χ1n) is 11.3. The van der Waals surface area contributed by atoms with Gasteiger partial charge in [-0.25, -0.2) is 10.4 Å². The van der Waals surface area contributed by atoms with Gasteiger partial charge in [-0.3, -0.25) is 10.2 Å². The molecule has 0 aromatic heterocycles. The third-order valence-corrected chi connectivity index (χ3v) is 5.73. The first-order chi connectivity index (χ1) is 16.6. The minimum absolute atomic E-state index is 0.0778. The lowest BCUT2D eigenvalue weighted by Gasteiger charge is -2.24. The third-order valence-electron chi connectivity index (χ3n) is 5.73. The molecular weight excluding hydrogens is 436 g/mol. The van der Waals surface area contributed by atoms with Crippen LogP contribution in [0.4, 0.5) is 0 Å². The van der Waals surface area contributed by atoms with Gasteiger partial charge in [0.25, 0.3) is 5.91 Å². The standard InChI is InChI=1S/C24H28N6O4/c25-30-26-15-19-5-2-1-4-18(19)14-24(23(32)29-28-20-8-9-20)16-34-22(27-24)17-6-10-21(11-7-17)33-13-3-12-31/h1-2,4-7,10-11,20,28,31H,3,8-9,12-16H2,(H,29,32)/t24-/m0/s1. The van der Waals surface area contributed by atoms with Gasteiger partial charge in [-0.15, -0.1) is 0 Å². The second-order valence-electron chi connectivity index (χ2n) is 8.39. The smallest absolute Gasteiger partial charge is 0.266 e. The molecule has 0 unspecified atom stereocenters. The highest BCUT2D eigenvalue weighted by atomic mass is 16.5. The van der Waals surface area contributed by atoms with E-state index in [1.165, 1.54) is 0 Å². The van der Waals surface area contributed by atoms with Gasteiger partial charge in [-0.05, 0) is 53.8 Å². The summed E-state index contributed by atoms with van der Waals surface area (Å²) in [5.41, 5.74) is 15.9. The fourth-order valence-electron chi connectivity index (χ4n) is 3.65. The van der Waals surface area contributed by atoms with Gasteiger partial charge in [0.1, 0.15) is 12.4 Å². The van der Waals surface area contributed by atoms with Crippen LogP contribution in [0.25, 0.3) is 10.4 Å². The molecule has 0 saturated heterocycles. The molecule has 10 nitrogen and oxygen atoms in total. The lowest BCUT2D eigenvalue weighted by Crippen LogP contribution is -2.53. The number of nitrogens with zero attached hydrogens (tertiary/aromatic N) is 4. The zero-order valence-electron chi connectivity index (χ0n) is 18.8. The second kappa shape index (κ2) is 11.0. The molecule has 1 heterocycles. The van der Waals surface area contributed by atoms with Crippen molar-refractivity contribution in [3.05, 3.63) is 75.7 Å². The van der Waals surface area contributed by atoms with E-state index >= 15 is 0 Å². The summed E-state index contributed by atoms with van der Waals surface area (Å²) in [5, 5.41) is 12.6. The molecule has 0 spiro atoms. The van der Waals surface area contributed by atoms with Gasteiger partial charge in [0.15, 0.2) is 5.54 Å². The van der Waals surface area contributed by atoms with E-state index < -0.39 is 5.54 Å². The number of aliphatic imine (C=N–C) groups is 1. The molecule has 1 saturated carbocycles. The molecule has 0 radical (unpaired) electrons. The van der Waals surface area contributed by atoms with Gasteiger partial charge >= 0.3 is 0 Å². The summed E-state index contributed by atoms with van der Waals surface area (Å²) >= 11 is 0. The van der Waals surface area contributed by atoms with Crippen molar-refractivity contribution in [2.75, 3.05) is 19.8 Å². The maximum absolute atomic E-state index is 13.3. The van der Waals surface area contributed by atoms with Gasteiger partial charge in [-0.1, -0.05) is 29.4 Å². The maximum atomic E-state index is 13.3. The van der Waals surface area contributed by atoms with E-state index in [2.05, 4.69) is 20.9 Å². The molecule has 2 aromatic carbocycles. The average Bonchev–Trinajstić information content (AvgIpc) is 3.60. The quantitative estimate of drug-likeness (QED) is 0.146. The highest BCUT2D eigenvalue weighted by Crippen LogP contribution is 2.29. The highest BCUT2D eigenvalue weighted by Gasteiger charge is 2.45. The second-order valence-corrected chi connectivity index (χ2v) is 8.39. The Bertz CT molecular complexity index is 1080. The number of hydrogen-bond donors (Lipinski definition) is 3. The number of rotatable bonds is 12. The Kier molecular flexibility index (Phi) is 7.64. The van der Waals surface area contributed by atoms with Crippen LogP contribution in [0.3, 0.4) is 0 Å². The number of azide groups is 1. The Morgan fingerprint density at radius 1 is 1.24 bits per heavy atom. The van der Waals surface area contributed by atoms with Crippen LogP contribution in [0.15, 0.2) is 58.6 Å². The Morgan fingerprint density at radius 2 is 2.00 bits per heavy atom. The summed E-state index contributed by atoms with van der Waals surface area (Å²) in [7, 11) is 0. The van der Waals surface area contributed by atoms with Gasteiger partial charge in [0.05, 0.1) is 13.2 Å². The minimum Gasteiger partial charge on any atom is -0.494 e. The monoisotopic (exact) mass is 464 g/mol. The zero-order valence-corrected chi connectivity index (χ0v) is 18.8. The van der Waals surface area contributed by atoms with Crippen molar-refractivity contribution in [2.45, 2.75) is 43.8 Å². The third kappa shape index (κ3) is 5.85. The van der Waals surface area contributed by atoms with Crippen molar-refractivity contribution in [1.29, 1.82) is 0 Å². The van der Waals surface area contributed by atoms with Crippen LogP contribution in [0.2, 0.25) is 0 Å². The number of aliphatic hydroxyl groups is 1. The molecular formula is C24H28N6O4. The number of nitrogens with one attached hydrogen (secondary N) is 2. The van der Waals surface area contributed by atoms with Crippen molar-refractivity contribution < 1.29 is 19.4 Å². The average molecular weight is 465 g/mol. The van der Waals surface area contributed by atoms with Crippen molar-refractivity contribution in [2.24, 2.45) is 10.1 Å². The molecule has 2 aromatic rings. The number of hydrazine groups is 1. The number of benzene rings is 2. The van der Waals surface area contributed by atoms with Crippen molar-refractivity contribution in [3.8, 4) is 5.75 Å². The van der Waals surface area contributed by atoms with E-state index in [0.29, 0.717) is 37.1 Å². The number of amides is 1. The lowest BCUT2D eigenvalue weighted by atomic mass is 9.89. The van der Waals surface area contributed by atoms with Crippen molar-refractivity contribution in [1.82, 2.24) is 10.9 Å². The lowest BCUT2D eigenvalue weighted by molar-refractivity contribution is -0.127. The van der Waals surface area contributed by atoms with Gasteiger partial charge < -0.3 is 14.6 Å². The summed E-state index contributed by atoms with van der Waals surface area (Å²) in [6.07, 6.45) is 2.92. The SMILES string of the molecule is [N-]=[N+]=NCc1ccccc1C[C@@]1(C(=O)NNC2CC2)COC(c2ccc(OCCCO)cc2)=N1. The van der Waals surface area contributed by atoms with Crippen LogP contribution in [-0.2, 0) is 22.5 Å². The Hall–Kier alpha value is -3.59. The molecule has 1 fully saturated rings. The zero-order chi connectivity index (χ0) is 23.8. The molecule has 4 rings (SSSR count). The van der Waals surface area contributed by atoms with Crippen LogP contribution in [0.5, 0.6) is 5.75 Å². The van der Waals surface area contributed by atoms with E-state index in [0.717, 1.165) is 29.5 Å². The molecule has 0 bridgehead atoms. The summed E-state index contributed by atoms with van der Waals surface area (Å²) < 4.78 is 11.5. The summed E-state index contributed by atoms with van der Waals surface area (Å²) in [6, 6.07) is 15.1. The van der Waals surface area contributed by atoms with Crippen LogP contribution in [0.1, 0.15) is 36.0 Å². The number of aliphatic hydroxyl groups excluding tert-OH is 1. The molecule has 1 atom stereocenters. The summed E-state index contributed by atoms with van der Waals surface area (Å²) in [5.74, 6) is 0.799. The summed E-state index contributed by atoms with van der Waals surface area (Å²) in [6.45, 7) is 0.791. The van der Waals surface area contributed by atoms with Crippen LogP contribution >= 0.6 is 0 Å². The first kappa shape index (κ1) is 23.6. The van der Waals surface area contributed by atoms with E-state index in [1.54, 1.807) is 0 Å². The minimum atomic E-state index is -1.17. The van der Waals surface area contributed by atoms with Crippen LogP contribution < -0.4 is 15.6 Å². The largest absolute Gasteiger partial charge is 0.494 e. The van der Waals surface area contributed by atoms with Gasteiger partial charge in [-0.2, -0.15) is 0 Å². The Labute approximate surface area is 197 Å². The van der Waals surface area contributed by atoms with E-state index in [1.807, 2.05) is 48.5 Å². The number of ether oxygens (including phenoxy) is 2. The van der Waals surface area contributed by atoms with Crippen molar-refractivity contribution in [3.63, 3.8) is 0 Å². The predicted molar refractivity (Wildman–Crippen MR) is 126 cm³/mol. The maximum Gasteiger partial charge on any atom is 0.266 e. The molecule has 3 N–H and O–H groups in total. The fraction of sp³-hybridized carbons (Fsp3) is 0.417. The van der Waals surface area contributed by atoms with E-state index in [9.17, 15) is 4.79 Å². The van der Waals surface area contributed by atoms with Crippen LogP contribution in [-0.4, -0.2) is 48.3 Å². The number of carbonyl (C=O) groups is 1. The van der Waals surface area contributed by atoms with Crippen LogP contribution in [0, 0.1) is 0 Å². The first-order valence-corrected chi connectivity index (χ1v) is 11.3. The molecule has 34 heavy (non-hydrogen) atoms. The van der Waals surface area contributed by atoms with Gasteiger partial charge in [0.2, 0.25) is 5.90 Å². The molecule has 178 valence electrons. The predicted octanol–water partition coefficient (Wildman–Crippen LogP) is 2.80. The topological polar surface area (TPSA) is 141 Å². The Balaban J connectivity index is 1.58. The normalized spacial score (nSPS) is 19.0. The molecule has 10 heteroatoms. The molecule has 1 aliphatic heterocycles.